The molecular formula is C24H25FN2O4. The average Bonchev–Trinajstić information content (AvgIpc) is 3.25. The van der Waals surface area contributed by atoms with Crippen LogP contribution in [-0.4, -0.2) is 54.1 Å². The number of nitrogens with zero attached hydrogens (tertiary/aromatic N) is 2. The largest absolute Gasteiger partial charge is 0.454 e. The molecule has 5 rings (SSSR count). The number of hydrogen-bond acceptors (Lipinski definition) is 4. The highest BCUT2D eigenvalue weighted by molar-refractivity contribution is 5.95. The molecule has 2 fully saturated rings. The van der Waals surface area contributed by atoms with Gasteiger partial charge in [0.15, 0.2) is 11.5 Å². The van der Waals surface area contributed by atoms with Gasteiger partial charge in [-0.2, -0.15) is 0 Å². The number of rotatable bonds is 4. The molecular weight excluding hydrogens is 399 g/mol. The summed E-state index contributed by atoms with van der Waals surface area (Å²) in [4.78, 5) is 29.6. The highest BCUT2D eigenvalue weighted by atomic mass is 19.1. The highest BCUT2D eigenvalue weighted by Gasteiger charge is 2.40. The predicted octanol–water partition coefficient (Wildman–Crippen LogP) is 3.25. The summed E-state index contributed by atoms with van der Waals surface area (Å²) in [6.45, 7) is 2.01. The zero-order valence-corrected chi connectivity index (χ0v) is 17.3. The van der Waals surface area contributed by atoms with Gasteiger partial charge in [-0.05, 0) is 61.1 Å². The topological polar surface area (TPSA) is 59.1 Å². The Morgan fingerprint density at radius 3 is 2.84 bits per heavy atom. The standard InChI is InChI=1S/C24H25FN2O4/c25-19-3-1-2-16(12-19)8-11-27-20-9-10-26(14-18(20)5-7-23(27)28)24(29)17-4-6-21-22(13-17)31-15-30-21/h1-4,6,12-13,18,20H,5,7-11,14-15H2/t18-,20+/m0/s1. The van der Waals surface area contributed by atoms with Crippen LogP contribution in [0.4, 0.5) is 4.39 Å². The Labute approximate surface area is 180 Å². The van der Waals surface area contributed by atoms with Gasteiger partial charge in [-0.1, -0.05) is 12.1 Å². The second kappa shape index (κ2) is 8.21. The smallest absolute Gasteiger partial charge is 0.254 e. The van der Waals surface area contributed by atoms with Gasteiger partial charge in [-0.3, -0.25) is 9.59 Å². The maximum Gasteiger partial charge on any atom is 0.254 e. The first-order valence-electron chi connectivity index (χ1n) is 10.8. The molecule has 2 aromatic rings. The predicted molar refractivity (Wildman–Crippen MR) is 111 cm³/mol. The number of benzene rings is 2. The molecule has 2 saturated heterocycles. The van der Waals surface area contributed by atoms with Crippen molar-refractivity contribution in [3.05, 3.63) is 59.4 Å². The Bertz CT molecular complexity index is 1010. The third-order valence-electron chi connectivity index (χ3n) is 6.58. The Morgan fingerprint density at radius 2 is 1.97 bits per heavy atom. The Morgan fingerprint density at radius 1 is 1.10 bits per heavy atom. The quantitative estimate of drug-likeness (QED) is 0.756. The molecule has 2 atom stereocenters. The second-order valence-electron chi connectivity index (χ2n) is 8.44. The second-order valence-corrected chi connectivity index (χ2v) is 8.44. The van der Waals surface area contributed by atoms with Crippen LogP contribution in [0.25, 0.3) is 0 Å². The van der Waals surface area contributed by atoms with E-state index >= 15 is 0 Å². The maximum atomic E-state index is 13.5. The van der Waals surface area contributed by atoms with Crippen molar-refractivity contribution in [2.45, 2.75) is 31.7 Å². The normalized spacial score (nSPS) is 22.4. The van der Waals surface area contributed by atoms with Gasteiger partial charge in [0.05, 0.1) is 0 Å². The number of carbonyl (C=O) groups excluding carboxylic acids is 2. The minimum absolute atomic E-state index is 0.0139. The number of likely N-dealkylation sites (tertiary alicyclic amines) is 2. The first-order chi connectivity index (χ1) is 15.1. The van der Waals surface area contributed by atoms with Crippen LogP contribution < -0.4 is 9.47 Å². The van der Waals surface area contributed by atoms with E-state index in [1.54, 1.807) is 24.3 Å². The Balaban J connectivity index is 1.25. The third kappa shape index (κ3) is 3.96. The van der Waals surface area contributed by atoms with Crippen LogP contribution in [0, 0.1) is 11.7 Å². The van der Waals surface area contributed by atoms with Crippen LogP contribution in [0.3, 0.4) is 0 Å². The molecule has 162 valence electrons. The van der Waals surface area contributed by atoms with E-state index in [1.165, 1.54) is 12.1 Å². The van der Waals surface area contributed by atoms with Gasteiger partial charge >= 0.3 is 0 Å². The molecule has 7 heteroatoms. The van der Waals surface area contributed by atoms with Crippen molar-refractivity contribution in [1.29, 1.82) is 0 Å². The summed E-state index contributed by atoms with van der Waals surface area (Å²) in [6, 6.07) is 12.0. The van der Waals surface area contributed by atoms with Crippen molar-refractivity contribution in [3.63, 3.8) is 0 Å². The van der Waals surface area contributed by atoms with E-state index < -0.39 is 0 Å². The van der Waals surface area contributed by atoms with Crippen LogP contribution in [0.5, 0.6) is 11.5 Å². The molecule has 0 spiro atoms. The Hall–Kier alpha value is -3.09. The van der Waals surface area contributed by atoms with Crippen molar-refractivity contribution in [1.82, 2.24) is 9.80 Å². The summed E-state index contributed by atoms with van der Waals surface area (Å²) in [6.07, 6.45) is 2.68. The molecule has 3 heterocycles. The van der Waals surface area contributed by atoms with E-state index in [0.29, 0.717) is 49.5 Å². The Kier molecular flexibility index (Phi) is 5.26. The summed E-state index contributed by atoms with van der Waals surface area (Å²) in [5, 5.41) is 0. The van der Waals surface area contributed by atoms with Crippen LogP contribution in [-0.2, 0) is 11.2 Å². The summed E-state index contributed by atoms with van der Waals surface area (Å²) >= 11 is 0. The molecule has 0 aromatic heterocycles. The number of halogens is 1. The maximum absolute atomic E-state index is 13.5. The van der Waals surface area contributed by atoms with E-state index in [-0.39, 0.29) is 36.4 Å². The van der Waals surface area contributed by atoms with E-state index in [0.717, 1.165) is 18.4 Å². The summed E-state index contributed by atoms with van der Waals surface area (Å²) in [5.41, 5.74) is 1.49. The molecule has 2 aromatic carbocycles. The average molecular weight is 424 g/mol. The van der Waals surface area contributed by atoms with Gasteiger partial charge in [0, 0.05) is 37.7 Å². The lowest BCUT2D eigenvalue weighted by molar-refractivity contribution is -0.140. The van der Waals surface area contributed by atoms with Gasteiger partial charge in [0.1, 0.15) is 5.82 Å². The van der Waals surface area contributed by atoms with E-state index in [9.17, 15) is 14.0 Å². The first kappa shape index (κ1) is 19.8. The number of fused-ring (bicyclic) bond motifs is 2. The van der Waals surface area contributed by atoms with Crippen LogP contribution in [0.15, 0.2) is 42.5 Å². The molecule has 0 bridgehead atoms. The number of piperidine rings is 2. The van der Waals surface area contributed by atoms with Crippen molar-refractivity contribution in [2.75, 3.05) is 26.4 Å². The van der Waals surface area contributed by atoms with E-state index in [4.69, 9.17) is 9.47 Å². The van der Waals surface area contributed by atoms with E-state index in [2.05, 4.69) is 0 Å². The molecule has 6 nitrogen and oxygen atoms in total. The zero-order chi connectivity index (χ0) is 21.4. The lowest BCUT2D eigenvalue weighted by Crippen LogP contribution is -2.57. The monoisotopic (exact) mass is 424 g/mol. The van der Waals surface area contributed by atoms with Crippen LogP contribution in [0.1, 0.15) is 35.2 Å². The van der Waals surface area contributed by atoms with Crippen molar-refractivity contribution in [3.8, 4) is 11.5 Å². The molecule has 0 N–H and O–H groups in total. The summed E-state index contributed by atoms with van der Waals surface area (Å²) in [7, 11) is 0. The van der Waals surface area contributed by atoms with Gasteiger partial charge in [0.25, 0.3) is 5.91 Å². The van der Waals surface area contributed by atoms with Crippen LogP contribution in [0.2, 0.25) is 0 Å². The van der Waals surface area contributed by atoms with Crippen molar-refractivity contribution >= 4 is 11.8 Å². The highest BCUT2D eigenvalue weighted by Crippen LogP contribution is 2.35. The SMILES string of the molecule is O=C(c1ccc2c(c1)OCO2)N1CC[C@@H]2[C@@H](CCC(=O)N2CCc2cccc(F)c2)C1. The minimum atomic E-state index is -0.254. The van der Waals surface area contributed by atoms with Gasteiger partial charge in [-0.15, -0.1) is 0 Å². The molecule has 31 heavy (non-hydrogen) atoms. The lowest BCUT2D eigenvalue weighted by atomic mass is 9.83. The minimum Gasteiger partial charge on any atom is -0.454 e. The molecule has 0 saturated carbocycles. The number of ether oxygens (including phenoxy) is 2. The first-order valence-corrected chi connectivity index (χ1v) is 10.8. The molecule has 3 aliphatic rings. The fourth-order valence-corrected chi connectivity index (χ4v) is 4.98. The zero-order valence-electron chi connectivity index (χ0n) is 17.3. The molecule has 3 aliphatic heterocycles. The number of hydrogen-bond donors (Lipinski definition) is 0. The number of amides is 2. The van der Waals surface area contributed by atoms with Gasteiger partial charge < -0.3 is 19.3 Å². The summed E-state index contributed by atoms with van der Waals surface area (Å²) in [5.74, 6) is 1.42. The fraction of sp³-hybridized carbons (Fsp3) is 0.417. The molecule has 0 radical (unpaired) electrons. The van der Waals surface area contributed by atoms with Crippen molar-refractivity contribution < 1.29 is 23.5 Å². The van der Waals surface area contributed by atoms with Gasteiger partial charge in [-0.25, -0.2) is 4.39 Å². The van der Waals surface area contributed by atoms with Crippen LogP contribution >= 0.6 is 0 Å². The number of carbonyl (C=O) groups is 2. The molecule has 2 amide bonds. The third-order valence-corrected chi connectivity index (χ3v) is 6.58. The van der Waals surface area contributed by atoms with Gasteiger partial charge in [0.2, 0.25) is 12.7 Å². The fourth-order valence-electron chi connectivity index (χ4n) is 4.98. The van der Waals surface area contributed by atoms with E-state index in [1.807, 2.05) is 15.9 Å². The van der Waals surface area contributed by atoms with Crippen molar-refractivity contribution in [2.24, 2.45) is 5.92 Å². The summed E-state index contributed by atoms with van der Waals surface area (Å²) < 4.78 is 24.2. The lowest BCUT2D eigenvalue weighted by Gasteiger charge is -2.47. The molecule has 0 unspecified atom stereocenters. The molecule has 0 aliphatic carbocycles.